The van der Waals surface area contributed by atoms with Gasteiger partial charge in [-0.3, -0.25) is 4.79 Å². The molecule has 0 spiro atoms. The van der Waals surface area contributed by atoms with Gasteiger partial charge in [-0.05, 0) is 40.9 Å². The van der Waals surface area contributed by atoms with Crippen LogP contribution in [0.3, 0.4) is 0 Å². The first kappa shape index (κ1) is 14.5. The van der Waals surface area contributed by atoms with Crippen molar-refractivity contribution in [1.82, 2.24) is 4.90 Å². The fourth-order valence-corrected chi connectivity index (χ4v) is 3.07. The zero-order valence-corrected chi connectivity index (χ0v) is 12.4. The predicted molar refractivity (Wildman–Crippen MR) is 74.4 cm³/mol. The third kappa shape index (κ3) is 3.15. The van der Waals surface area contributed by atoms with Crippen LogP contribution in [-0.2, 0) is 0 Å². The maximum Gasteiger partial charge on any atom is 0.257 e. The fraction of sp³-hybridized carbons (Fsp3) is 0.500. The van der Waals surface area contributed by atoms with Crippen LogP contribution in [0.25, 0.3) is 0 Å². The Morgan fingerprint density at radius 1 is 1.53 bits per heavy atom. The largest absolute Gasteiger partial charge is 0.393 e. The van der Waals surface area contributed by atoms with E-state index in [2.05, 4.69) is 15.9 Å². The Bertz CT molecular complexity index is 460. The van der Waals surface area contributed by atoms with Crippen molar-refractivity contribution in [2.75, 3.05) is 13.6 Å². The summed E-state index contributed by atoms with van der Waals surface area (Å²) in [6.45, 7) is 0.459. The summed E-state index contributed by atoms with van der Waals surface area (Å²) in [5, 5.41) is 9.78. The molecule has 0 heterocycles. The van der Waals surface area contributed by atoms with Crippen LogP contribution in [-0.4, -0.2) is 35.6 Å². The first-order valence-corrected chi connectivity index (χ1v) is 7.17. The minimum absolute atomic E-state index is 0.0532. The maximum atomic E-state index is 13.7. The Morgan fingerprint density at radius 3 is 2.84 bits per heavy atom. The first-order chi connectivity index (χ1) is 9.00. The summed E-state index contributed by atoms with van der Waals surface area (Å²) in [4.78, 5) is 13.7. The summed E-state index contributed by atoms with van der Waals surface area (Å²) in [5.41, 5.74) is 0.0532. The highest BCUT2D eigenvalue weighted by atomic mass is 79.9. The molecule has 0 radical (unpaired) electrons. The average Bonchev–Trinajstić information content (AvgIpc) is 2.74. The number of halogens is 2. The molecule has 1 saturated carbocycles. The SMILES string of the molecule is CN(CC1CCCC1O)C(=O)c1c(F)cccc1Br. The Kier molecular flexibility index (Phi) is 4.58. The number of carbonyl (C=O) groups excluding carboxylic acids is 1. The van der Waals surface area contributed by atoms with Crippen LogP contribution >= 0.6 is 15.9 Å². The van der Waals surface area contributed by atoms with E-state index in [9.17, 15) is 14.3 Å². The van der Waals surface area contributed by atoms with Crippen molar-refractivity contribution in [1.29, 1.82) is 0 Å². The van der Waals surface area contributed by atoms with Gasteiger partial charge in [0.1, 0.15) is 5.82 Å². The third-order valence-electron chi connectivity index (χ3n) is 3.65. The number of nitrogens with zero attached hydrogens (tertiary/aromatic N) is 1. The predicted octanol–water partition coefficient (Wildman–Crippen LogP) is 2.82. The summed E-state index contributed by atoms with van der Waals surface area (Å²) < 4.78 is 14.2. The molecule has 1 aliphatic rings. The normalized spacial score (nSPS) is 22.5. The van der Waals surface area contributed by atoms with E-state index in [1.54, 1.807) is 19.2 Å². The molecule has 1 aromatic carbocycles. The molecule has 2 unspecified atom stereocenters. The number of aliphatic hydroxyl groups excluding tert-OH is 1. The lowest BCUT2D eigenvalue weighted by Gasteiger charge is -2.23. The van der Waals surface area contributed by atoms with Gasteiger partial charge in [0.25, 0.3) is 5.91 Å². The van der Waals surface area contributed by atoms with Crippen LogP contribution in [0.15, 0.2) is 22.7 Å². The average molecular weight is 330 g/mol. The summed E-state index contributed by atoms with van der Waals surface area (Å²) in [5.74, 6) is -0.790. The molecule has 1 aromatic rings. The van der Waals surface area contributed by atoms with Gasteiger partial charge in [-0.2, -0.15) is 0 Å². The maximum absolute atomic E-state index is 13.7. The van der Waals surface area contributed by atoms with Crippen molar-refractivity contribution < 1.29 is 14.3 Å². The molecule has 0 saturated heterocycles. The van der Waals surface area contributed by atoms with E-state index < -0.39 is 5.82 Å². The number of carbonyl (C=O) groups is 1. The van der Waals surface area contributed by atoms with Crippen molar-refractivity contribution in [2.45, 2.75) is 25.4 Å². The highest BCUT2D eigenvalue weighted by molar-refractivity contribution is 9.10. The van der Waals surface area contributed by atoms with Gasteiger partial charge in [-0.1, -0.05) is 12.5 Å². The number of rotatable bonds is 3. The number of hydrogen-bond donors (Lipinski definition) is 1. The van der Waals surface area contributed by atoms with Gasteiger partial charge in [-0.25, -0.2) is 4.39 Å². The molecular formula is C14H17BrFNO2. The number of hydrogen-bond acceptors (Lipinski definition) is 2. The summed E-state index contributed by atoms with van der Waals surface area (Å²) in [6, 6.07) is 4.47. The smallest absolute Gasteiger partial charge is 0.257 e. The Morgan fingerprint density at radius 2 is 2.26 bits per heavy atom. The molecular weight excluding hydrogens is 313 g/mol. The minimum Gasteiger partial charge on any atom is -0.393 e. The van der Waals surface area contributed by atoms with Crippen molar-refractivity contribution in [3.63, 3.8) is 0 Å². The molecule has 2 atom stereocenters. The van der Waals surface area contributed by atoms with E-state index in [-0.39, 0.29) is 23.5 Å². The Balaban J connectivity index is 2.10. The third-order valence-corrected chi connectivity index (χ3v) is 4.31. The van der Waals surface area contributed by atoms with Crippen molar-refractivity contribution >= 4 is 21.8 Å². The number of benzene rings is 1. The topological polar surface area (TPSA) is 40.5 Å². The quantitative estimate of drug-likeness (QED) is 0.926. The standard InChI is InChI=1S/C14H17BrFNO2/c1-17(8-9-4-2-7-12(9)18)14(19)13-10(15)5-3-6-11(13)16/h3,5-6,9,12,18H,2,4,7-8H2,1H3. The lowest BCUT2D eigenvalue weighted by atomic mass is 10.1. The molecule has 1 N–H and O–H groups in total. The zero-order valence-electron chi connectivity index (χ0n) is 10.8. The van der Waals surface area contributed by atoms with Gasteiger partial charge in [-0.15, -0.1) is 0 Å². The minimum atomic E-state index is -0.529. The summed E-state index contributed by atoms with van der Waals surface area (Å²) in [7, 11) is 1.65. The van der Waals surface area contributed by atoms with Crippen molar-refractivity contribution in [3.05, 3.63) is 34.1 Å². The second-order valence-corrected chi connectivity index (χ2v) is 5.90. The molecule has 5 heteroatoms. The number of amides is 1. The molecule has 19 heavy (non-hydrogen) atoms. The molecule has 1 fully saturated rings. The van der Waals surface area contributed by atoms with Crippen LogP contribution in [0.2, 0.25) is 0 Å². The zero-order chi connectivity index (χ0) is 14.0. The highest BCUT2D eigenvalue weighted by Gasteiger charge is 2.28. The van der Waals surface area contributed by atoms with Crippen LogP contribution in [0.5, 0.6) is 0 Å². The lowest BCUT2D eigenvalue weighted by molar-refractivity contribution is 0.0688. The molecule has 3 nitrogen and oxygen atoms in total. The van der Waals surface area contributed by atoms with Crippen LogP contribution in [0.4, 0.5) is 4.39 Å². The van der Waals surface area contributed by atoms with Crippen LogP contribution in [0.1, 0.15) is 29.6 Å². The molecule has 0 aliphatic heterocycles. The summed E-state index contributed by atoms with van der Waals surface area (Å²) >= 11 is 3.20. The first-order valence-electron chi connectivity index (χ1n) is 6.38. The molecule has 0 bridgehead atoms. The van der Waals surface area contributed by atoms with Gasteiger partial charge < -0.3 is 10.0 Å². The number of aliphatic hydroxyl groups is 1. The molecule has 1 amide bonds. The van der Waals surface area contributed by atoms with Gasteiger partial charge in [0, 0.05) is 24.0 Å². The van der Waals surface area contributed by atoms with E-state index in [0.717, 1.165) is 19.3 Å². The van der Waals surface area contributed by atoms with Gasteiger partial charge in [0.2, 0.25) is 0 Å². The molecule has 104 valence electrons. The second-order valence-electron chi connectivity index (χ2n) is 5.04. The van der Waals surface area contributed by atoms with E-state index in [1.165, 1.54) is 11.0 Å². The van der Waals surface area contributed by atoms with Gasteiger partial charge in [0.05, 0.1) is 11.7 Å². The van der Waals surface area contributed by atoms with E-state index in [1.807, 2.05) is 0 Å². The fourth-order valence-electron chi connectivity index (χ4n) is 2.56. The van der Waals surface area contributed by atoms with Gasteiger partial charge >= 0.3 is 0 Å². The van der Waals surface area contributed by atoms with E-state index in [4.69, 9.17) is 0 Å². The Hall–Kier alpha value is -0.940. The van der Waals surface area contributed by atoms with Crippen molar-refractivity contribution in [3.8, 4) is 0 Å². The van der Waals surface area contributed by atoms with E-state index in [0.29, 0.717) is 11.0 Å². The molecule has 1 aliphatic carbocycles. The second kappa shape index (κ2) is 6.01. The Labute approximate surface area is 120 Å². The summed E-state index contributed by atoms with van der Waals surface area (Å²) in [6.07, 6.45) is 2.34. The lowest BCUT2D eigenvalue weighted by Crippen LogP contribution is -2.35. The van der Waals surface area contributed by atoms with E-state index >= 15 is 0 Å². The monoisotopic (exact) mass is 329 g/mol. The van der Waals surface area contributed by atoms with Crippen molar-refractivity contribution in [2.24, 2.45) is 5.92 Å². The van der Waals surface area contributed by atoms with Crippen LogP contribution < -0.4 is 0 Å². The van der Waals surface area contributed by atoms with Crippen LogP contribution in [0, 0.1) is 11.7 Å². The highest BCUT2D eigenvalue weighted by Crippen LogP contribution is 2.27. The molecule has 2 rings (SSSR count). The van der Waals surface area contributed by atoms with Gasteiger partial charge in [0.15, 0.2) is 0 Å². The molecule has 0 aromatic heterocycles.